The van der Waals surface area contributed by atoms with Crippen LogP contribution in [0.4, 0.5) is 0 Å². The lowest BCUT2D eigenvalue weighted by molar-refractivity contribution is 0.0762. The maximum atomic E-state index is 12.2. The molecule has 98 valence electrons. The van der Waals surface area contributed by atoms with Crippen molar-refractivity contribution in [3.05, 3.63) is 35.4 Å². The summed E-state index contributed by atoms with van der Waals surface area (Å²) in [5, 5.41) is 0. The van der Waals surface area contributed by atoms with Gasteiger partial charge in [0.05, 0.1) is 0 Å². The van der Waals surface area contributed by atoms with Gasteiger partial charge in [-0.25, -0.2) is 0 Å². The predicted octanol–water partition coefficient (Wildman–Crippen LogP) is 2.58. The summed E-state index contributed by atoms with van der Waals surface area (Å²) in [6, 6.07) is 7.16. The number of rotatable bonds is 6. The second-order valence-electron chi connectivity index (χ2n) is 4.18. The Morgan fingerprint density at radius 1 is 1.22 bits per heavy atom. The first kappa shape index (κ1) is 14.6. The van der Waals surface area contributed by atoms with Gasteiger partial charge in [-0.05, 0) is 25.5 Å². The van der Waals surface area contributed by atoms with Gasteiger partial charge in [0.25, 0.3) is 5.91 Å². The van der Waals surface area contributed by atoms with Gasteiger partial charge in [-0.1, -0.05) is 37.7 Å². The molecule has 0 fully saturated rings. The maximum absolute atomic E-state index is 12.2. The summed E-state index contributed by atoms with van der Waals surface area (Å²) in [5.74, 6) is 0.0699. The number of unbranched alkanes of at least 4 members (excludes halogenated alkanes) is 1. The molecule has 1 amide bonds. The first-order valence-electron chi connectivity index (χ1n) is 6.29. The zero-order valence-corrected chi connectivity index (χ0v) is 11.8. The Bertz CT molecular complexity index is 414. The van der Waals surface area contributed by atoms with Gasteiger partial charge in [0, 0.05) is 24.2 Å². The Balaban J connectivity index is 2.78. The van der Waals surface area contributed by atoms with Gasteiger partial charge >= 0.3 is 0 Å². The first-order chi connectivity index (χ1) is 8.60. The predicted molar refractivity (Wildman–Crippen MR) is 78.8 cm³/mol. The Morgan fingerprint density at radius 2 is 1.78 bits per heavy atom. The van der Waals surface area contributed by atoms with Crippen molar-refractivity contribution in [2.24, 2.45) is 5.73 Å². The lowest BCUT2D eigenvalue weighted by Crippen LogP contribution is -2.31. The monoisotopic (exact) mass is 264 g/mol. The zero-order chi connectivity index (χ0) is 13.5. The fourth-order valence-electron chi connectivity index (χ4n) is 1.71. The number of hydrogen-bond donors (Lipinski definition) is 1. The molecule has 4 heteroatoms. The Hall–Kier alpha value is -1.42. The van der Waals surface area contributed by atoms with Crippen molar-refractivity contribution in [2.45, 2.75) is 26.7 Å². The molecule has 0 spiro atoms. The summed E-state index contributed by atoms with van der Waals surface area (Å²) in [5.41, 5.74) is 7.01. The molecule has 0 atom stereocenters. The smallest absolute Gasteiger partial charge is 0.253 e. The van der Waals surface area contributed by atoms with E-state index in [9.17, 15) is 4.79 Å². The summed E-state index contributed by atoms with van der Waals surface area (Å²) in [6.45, 7) is 5.66. The van der Waals surface area contributed by atoms with Gasteiger partial charge in [-0.15, -0.1) is 0 Å². The molecular formula is C14H20N2OS. The third kappa shape index (κ3) is 3.81. The largest absolute Gasteiger partial charge is 0.389 e. The Morgan fingerprint density at radius 3 is 2.22 bits per heavy atom. The van der Waals surface area contributed by atoms with E-state index in [1.807, 2.05) is 11.8 Å². The highest BCUT2D eigenvalue weighted by molar-refractivity contribution is 7.80. The Labute approximate surface area is 114 Å². The highest BCUT2D eigenvalue weighted by Gasteiger charge is 2.13. The van der Waals surface area contributed by atoms with E-state index >= 15 is 0 Å². The van der Waals surface area contributed by atoms with Crippen LogP contribution in [-0.2, 0) is 0 Å². The van der Waals surface area contributed by atoms with Crippen molar-refractivity contribution in [3.8, 4) is 0 Å². The van der Waals surface area contributed by atoms with Gasteiger partial charge in [0.2, 0.25) is 0 Å². The van der Waals surface area contributed by atoms with Crippen molar-refractivity contribution in [1.82, 2.24) is 4.90 Å². The van der Waals surface area contributed by atoms with Gasteiger partial charge < -0.3 is 10.6 Å². The van der Waals surface area contributed by atoms with E-state index in [0.717, 1.165) is 31.5 Å². The number of amides is 1. The second kappa shape index (κ2) is 7.11. The number of nitrogens with zero attached hydrogens (tertiary/aromatic N) is 1. The minimum Gasteiger partial charge on any atom is -0.389 e. The molecule has 0 saturated carbocycles. The highest BCUT2D eigenvalue weighted by Crippen LogP contribution is 2.09. The van der Waals surface area contributed by atoms with Crippen LogP contribution >= 0.6 is 12.2 Å². The Kier molecular flexibility index (Phi) is 5.78. The molecule has 0 unspecified atom stereocenters. The molecule has 1 aromatic carbocycles. The number of carbonyl (C=O) groups excluding carboxylic acids is 1. The third-order valence-electron chi connectivity index (χ3n) is 2.87. The number of hydrogen-bond acceptors (Lipinski definition) is 2. The van der Waals surface area contributed by atoms with Crippen LogP contribution in [0.25, 0.3) is 0 Å². The van der Waals surface area contributed by atoms with E-state index in [4.69, 9.17) is 18.0 Å². The van der Waals surface area contributed by atoms with Crippen LogP contribution < -0.4 is 5.73 Å². The van der Waals surface area contributed by atoms with E-state index in [0.29, 0.717) is 10.6 Å². The van der Waals surface area contributed by atoms with Crippen LogP contribution in [-0.4, -0.2) is 28.9 Å². The molecule has 0 heterocycles. The standard InChI is InChI=1S/C14H20N2OS/c1-3-5-10-16(4-2)14(17)12-8-6-11(7-9-12)13(15)18/h6-9H,3-5,10H2,1-2H3,(H2,15,18). The lowest BCUT2D eigenvalue weighted by atomic mass is 10.1. The quantitative estimate of drug-likeness (QED) is 0.803. The summed E-state index contributed by atoms with van der Waals surface area (Å²) < 4.78 is 0. The van der Waals surface area contributed by atoms with E-state index < -0.39 is 0 Å². The third-order valence-corrected chi connectivity index (χ3v) is 3.10. The molecule has 0 bridgehead atoms. The maximum Gasteiger partial charge on any atom is 0.253 e. The number of nitrogens with two attached hydrogens (primary N) is 1. The van der Waals surface area contributed by atoms with Gasteiger partial charge in [-0.3, -0.25) is 4.79 Å². The van der Waals surface area contributed by atoms with Crippen molar-refractivity contribution >= 4 is 23.1 Å². The molecule has 18 heavy (non-hydrogen) atoms. The average Bonchev–Trinajstić information content (AvgIpc) is 2.39. The molecule has 1 rings (SSSR count). The molecule has 0 saturated heterocycles. The van der Waals surface area contributed by atoms with Crippen LogP contribution in [0, 0.1) is 0 Å². The van der Waals surface area contributed by atoms with Crippen LogP contribution in [0.5, 0.6) is 0 Å². The van der Waals surface area contributed by atoms with Crippen molar-refractivity contribution in [2.75, 3.05) is 13.1 Å². The summed E-state index contributed by atoms with van der Waals surface area (Å²) in [6.07, 6.45) is 2.12. The van der Waals surface area contributed by atoms with Crippen molar-refractivity contribution < 1.29 is 4.79 Å². The molecule has 3 nitrogen and oxygen atoms in total. The fraction of sp³-hybridized carbons (Fsp3) is 0.429. The van der Waals surface area contributed by atoms with E-state index in [1.165, 1.54) is 0 Å². The zero-order valence-electron chi connectivity index (χ0n) is 11.0. The van der Waals surface area contributed by atoms with E-state index in [1.54, 1.807) is 24.3 Å². The highest BCUT2D eigenvalue weighted by atomic mass is 32.1. The van der Waals surface area contributed by atoms with E-state index in [-0.39, 0.29) is 5.91 Å². The summed E-state index contributed by atoms with van der Waals surface area (Å²) in [7, 11) is 0. The molecule has 0 aliphatic carbocycles. The van der Waals surface area contributed by atoms with Gasteiger partial charge in [-0.2, -0.15) is 0 Å². The molecule has 0 radical (unpaired) electrons. The number of thiocarbonyl (C=S) groups is 1. The minimum absolute atomic E-state index is 0.0699. The number of benzene rings is 1. The molecule has 0 aliphatic rings. The van der Waals surface area contributed by atoms with Crippen LogP contribution in [0.1, 0.15) is 42.6 Å². The molecule has 0 aliphatic heterocycles. The summed E-state index contributed by atoms with van der Waals surface area (Å²) >= 11 is 4.89. The summed E-state index contributed by atoms with van der Waals surface area (Å²) in [4.78, 5) is 14.4. The molecule has 1 aromatic rings. The normalized spacial score (nSPS) is 10.1. The van der Waals surface area contributed by atoms with Crippen molar-refractivity contribution in [1.29, 1.82) is 0 Å². The van der Waals surface area contributed by atoms with Gasteiger partial charge in [0.1, 0.15) is 4.99 Å². The molecule has 0 aromatic heterocycles. The van der Waals surface area contributed by atoms with Crippen molar-refractivity contribution in [3.63, 3.8) is 0 Å². The fourth-order valence-corrected chi connectivity index (χ4v) is 1.85. The van der Waals surface area contributed by atoms with Crippen LogP contribution in [0.3, 0.4) is 0 Å². The topological polar surface area (TPSA) is 46.3 Å². The average molecular weight is 264 g/mol. The van der Waals surface area contributed by atoms with Crippen LogP contribution in [0.15, 0.2) is 24.3 Å². The SMILES string of the molecule is CCCCN(CC)C(=O)c1ccc(C(N)=S)cc1. The molecule has 2 N–H and O–H groups in total. The first-order valence-corrected chi connectivity index (χ1v) is 6.70. The van der Waals surface area contributed by atoms with E-state index in [2.05, 4.69) is 6.92 Å². The minimum atomic E-state index is 0.0699. The van der Waals surface area contributed by atoms with Gasteiger partial charge in [0.15, 0.2) is 0 Å². The second-order valence-corrected chi connectivity index (χ2v) is 4.62. The lowest BCUT2D eigenvalue weighted by Gasteiger charge is -2.20. The molecular weight excluding hydrogens is 244 g/mol. The van der Waals surface area contributed by atoms with Crippen LogP contribution in [0.2, 0.25) is 0 Å². The number of carbonyl (C=O) groups is 1.